The van der Waals surface area contributed by atoms with Crippen LogP contribution in [-0.4, -0.2) is 20.4 Å². The molecule has 1 amide bonds. The van der Waals surface area contributed by atoms with Gasteiger partial charge in [0.2, 0.25) is 10.0 Å². The van der Waals surface area contributed by atoms with Crippen molar-refractivity contribution in [3.8, 4) is 0 Å². The second kappa shape index (κ2) is 8.22. The number of amides is 1. The first kappa shape index (κ1) is 20.6. The van der Waals surface area contributed by atoms with E-state index in [9.17, 15) is 13.2 Å². The van der Waals surface area contributed by atoms with E-state index in [2.05, 4.69) is 4.72 Å². The van der Waals surface area contributed by atoms with Crippen LogP contribution in [0, 0.1) is 0 Å². The smallest absolute Gasteiger partial charge is 0.258 e. The van der Waals surface area contributed by atoms with E-state index in [1.807, 2.05) is 43.3 Å². The van der Waals surface area contributed by atoms with Crippen molar-refractivity contribution in [1.82, 2.24) is 4.72 Å². The number of carbonyl (C=O) groups is 1. The van der Waals surface area contributed by atoms with E-state index in [4.69, 9.17) is 11.6 Å². The summed E-state index contributed by atoms with van der Waals surface area (Å²) >= 11 is 5.91. The molecule has 1 heterocycles. The fraction of sp³-hybridized carbons (Fsp3) is 0.174. The Morgan fingerprint density at radius 2 is 1.83 bits per heavy atom. The van der Waals surface area contributed by atoms with Gasteiger partial charge in [0.25, 0.3) is 5.91 Å². The molecule has 7 heteroatoms. The van der Waals surface area contributed by atoms with E-state index < -0.39 is 10.0 Å². The standard InChI is InChI=1S/C23H21ClN2O3S/c1-16-12-19-11-10-17(15-25-30(28,29)21-9-5-8-20(24)14-21)13-22(19)26(16)23(27)18-6-3-2-4-7-18/h2-11,13-14,16,25H,12,15H2,1H3/t16-/m0/s1. The minimum atomic E-state index is -3.69. The summed E-state index contributed by atoms with van der Waals surface area (Å²) in [6.07, 6.45) is 0.766. The Balaban J connectivity index is 1.57. The van der Waals surface area contributed by atoms with Crippen molar-refractivity contribution in [2.45, 2.75) is 30.8 Å². The van der Waals surface area contributed by atoms with Gasteiger partial charge in [-0.25, -0.2) is 13.1 Å². The second-order valence-electron chi connectivity index (χ2n) is 7.34. The van der Waals surface area contributed by atoms with Crippen LogP contribution in [0.15, 0.2) is 77.7 Å². The van der Waals surface area contributed by atoms with Gasteiger partial charge < -0.3 is 4.90 Å². The predicted molar refractivity (Wildman–Crippen MR) is 118 cm³/mol. The zero-order chi connectivity index (χ0) is 21.3. The van der Waals surface area contributed by atoms with Crippen molar-refractivity contribution in [3.63, 3.8) is 0 Å². The molecule has 1 aliphatic heterocycles. The van der Waals surface area contributed by atoms with Crippen molar-refractivity contribution in [2.24, 2.45) is 0 Å². The highest BCUT2D eigenvalue weighted by molar-refractivity contribution is 7.89. The van der Waals surface area contributed by atoms with Gasteiger partial charge in [-0.3, -0.25) is 4.79 Å². The summed E-state index contributed by atoms with van der Waals surface area (Å²) in [5, 5.41) is 0.361. The predicted octanol–water partition coefficient (Wildman–Crippen LogP) is 4.41. The summed E-state index contributed by atoms with van der Waals surface area (Å²) in [5.74, 6) is -0.0569. The number of rotatable bonds is 5. The fourth-order valence-electron chi connectivity index (χ4n) is 3.69. The van der Waals surface area contributed by atoms with E-state index in [-0.39, 0.29) is 23.4 Å². The first-order valence-electron chi connectivity index (χ1n) is 9.61. The van der Waals surface area contributed by atoms with Gasteiger partial charge in [-0.05, 0) is 60.9 Å². The van der Waals surface area contributed by atoms with E-state index in [1.54, 1.807) is 29.2 Å². The normalized spacial score (nSPS) is 15.8. The number of nitrogens with one attached hydrogen (secondary N) is 1. The topological polar surface area (TPSA) is 66.5 Å². The van der Waals surface area contributed by atoms with Crippen molar-refractivity contribution in [3.05, 3.63) is 94.5 Å². The lowest BCUT2D eigenvalue weighted by atomic mass is 10.1. The number of anilines is 1. The number of hydrogen-bond acceptors (Lipinski definition) is 3. The molecular weight excluding hydrogens is 420 g/mol. The molecule has 0 aromatic heterocycles. The molecule has 1 N–H and O–H groups in total. The number of carbonyl (C=O) groups excluding carboxylic acids is 1. The van der Waals surface area contributed by atoms with Crippen LogP contribution >= 0.6 is 11.6 Å². The summed E-state index contributed by atoms with van der Waals surface area (Å²) in [6, 6.07) is 21.1. The van der Waals surface area contributed by atoms with E-state index in [1.165, 1.54) is 12.1 Å². The molecule has 0 aliphatic carbocycles. The zero-order valence-corrected chi connectivity index (χ0v) is 18.0. The number of nitrogens with zero attached hydrogens (tertiary/aromatic N) is 1. The SMILES string of the molecule is C[C@H]1Cc2ccc(CNS(=O)(=O)c3cccc(Cl)c3)cc2N1C(=O)c1ccccc1. The van der Waals surface area contributed by atoms with Gasteiger partial charge in [-0.1, -0.05) is 48.0 Å². The first-order valence-corrected chi connectivity index (χ1v) is 11.5. The van der Waals surface area contributed by atoms with Crippen LogP contribution in [0.5, 0.6) is 0 Å². The van der Waals surface area contributed by atoms with Crippen molar-refractivity contribution >= 4 is 33.2 Å². The van der Waals surface area contributed by atoms with Crippen molar-refractivity contribution in [1.29, 1.82) is 0 Å². The molecule has 0 unspecified atom stereocenters. The van der Waals surface area contributed by atoms with Crippen LogP contribution in [-0.2, 0) is 23.0 Å². The monoisotopic (exact) mass is 440 g/mol. The molecule has 0 bridgehead atoms. The minimum absolute atomic E-state index is 0.0334. The second-order valence-corrected chi connectivity index (χ2v) is 9.54. The summed E-state index contributed by atoms with van der Waals surface area (Å²) in [5.41, 5.74) is 3.31. The molecule has 0 saturated heterocycles. The number of benzene rings is 3. The maximum absolute atomic E-state index is 13.1. The van der Waals surface area contributed by atoms with Crippen LogP contribution < -0.4 is 9.62 Å². The molecule has 0 saturated carbocycles. The molecule has 154 valence electrons. The largest absolute Gasteiger partial charge is 0.305 e. The Morgan fingerprint density at radius 1 is 1.07 bits per heavy atom. The number of halogens is 1. The lowest BCUT2D eigenvalue weighted by Gasteiger charge is -2.23. The van der Waals surface area contributed by atoms with Crippen LogP contribution in [0.3, 0.4) is 0 Å². The highest BCUT2D eigenvalue weighted by atomic mass is 35.5. The Labute approximate surface area is 181 Å². The first-order chi connectivity index (χ1) is 14.3. The third-order valence-electron chi connectivity index (χ3n) is 5.18. The molecule has 5 nitrogen and oxygen atoms in total. The number of sulfonamides is 1. The number of fused-ring (bicyclic) bond motifs is 1. The highest BCUT2D eigenvalue weighted by Crippen LogP contribution is 2.34. The quantitative estimate of drug-likeness (QED) is 0.639. The van der Waals surface area contributed by atoms with E-state index in [0.717, 1.165) is 23.2 Å². The zero-order valence-electron chi connectivity index (χ0n) is 16.4. The lowest BCUT2D eigenvalue weighted by molar-refractivity contribution is 0.0981. The van der Waals surface area contributed by atoms with E-state index >= 15 is 0 Å². The van der Waals surface area contributed by atoms with Crippen LogP contribution in [0.25, 0.3) is 0 Å². The van der Waals surface area contributed by atoms with Gasteiger partial charge in [0.1, 0.15) is 0 Å². The van der Waals surface area contributed by atoms with Crippen LogP contribution in [0.4, 0.5) is 5.69 Å². The lowest BCUT2D eigenvalue weighted by Crippen LogP contribution is -2.35. The van der Waals surface area contributed by atoms with Gasteiger partial charge in [0, 0.05) is 28.9 Å². The fourth-order valence-corrected chi connectivity index (χ4v) is 5.01. The molecule has 0 radical (unpaired) electrons. The average molecular weight is 441 g/mol. The van der Waals surface area contributed by atoms with Crippen molar-refractivity contribution < 1.29 is 13.2 Å². The molecular formula is C23H21ClN2O3S. The third-order valence-corrected chi connectivity index (χ3v) is 6.81. The molecule has 0 fully saturated rings. The van der Waals surface area contributed by atoms with Crippen molar-refractivity contribution in [2.75, 3.05) is 4.90 Å². The summed E-state index contributed by atoms with van der Waals surface area (Å²) in [4.78, 5) is 15.0. The molecule has 3 aromatic carbocycles. The molecule has 30 heavy (non-hydrogen) atoms. The average Bonchev–Trinajstić information content (AvgIpc) is 3.07. The summed E-state index contributed by atoms with van der Waals surface area (Å²) in [7, 11) is -3.69. The maximum atomic E-state index is 13.1. The molecule has 1 atom stereocenters. The van der Waals surface area contributed by atoms with Gasteiger partial charge in [-0.2, -0.15) is 0 Å². The minimum Gasteiger partial charge on any atom is -0.305 e. The van der Waals surface area contributed by atoms with E-state index in [0.29, 0.717) is 10.6 Å². The molecule has 3 aromatic rings. The van der Waals surface area contributed by atoms with Gasteiger partial charge in [-0.15, -0.1) is 0 Å². The molecule has 0 spiro atoms. The maximum Gasteiger partial charge on any atom is 0.258 e. The van der Waals surface area contributed by atoms with Gasteiger partial charge in [0.05, 0.1) is 4.90 Å². The van der Waals surface area contributed by atoms with Crippen LogP contribution in [0.1, 0.15) is 28.4 Å². The Hall–Kier alpha value is -2.67. The van der Waals surface area contributed by atoms with Gasteiger partial charge in [0.15, 0.2) is 0 Å². The van der Waals surface area contributed by atoms with Crippen LogP contribution in [0.2, 0.25) is 5.02 Å². The summed E-state index contributed by atoms with van der Waals surface area (Å²) in [6.45, 7) is 2.13. The van der Waals surface area contributed by atoms with Gasteiger partial charge >= 0.3 is 0 Å². The summed E-state index contributed by atoms with van der Waals surface area (Å²) < 4.78 is 27.7. The highest BCUT2D eigenvalue weighted by Gasteiger charge is 2.31. The molecule has 1 aliphatic rings. The Kier molecular flexibility index (Phi) is 5.64. The Bertz CT molecular complexity index is 1200. The Morgan fingerprint density at radius 3 is 2.57 bits per heavy atom. The third kappa shape index (κ3) is 4.12. The number of hydrogen-bond donors (Lipinski definition) is 1. The molecule has 4 rings (SSSR count).